The Morgan fingerprint density at radius 3 is 2.84 bits per heavy atom. The van der Waals surface area contributed by atoms with Gasteiger partial charge in [0.25, 0.3) is 0 Å². The quantitative estimate of drug-likeness (QED) is 0.779. The van der Waals surface area contributed by atoms with Crippen molar-refractivity contribution in [2.75, 3.05) is 19.1 Å². The van der Waals surface area contributed by atoms with Crippen LogP contribution in [0.25, 0.3) is 10.9 Å². The molecule has 0 fully saturated rings. The van der Waals surface area contributed by atoms with Crippen LogP contribution in [0.3, 0.4) is 0 Å². The van der Waals surface area contributed by atoms with Crippen LogP contribution in [0.1, 0.15) is 29.2 Å². The molecular weight excluding hydrogens is 314 g/mol. The van der Waals surface area contributed by atoms with Gasteiger partial charge in [0.15, 0.2) is 0 Å². The highest BCUT2D eigenvalue weighted by Gasteiger charge is 2.27. The number of rotatable bonds is 2. The maximum atomic E-state index is 12.7. The van der Waals surface area contributed by atoms with E-state index in [-0.39, 0.29) is 11.8 Å². The van der Waals surface area contributed by atoms with Gasteiger partial charge in [-0.25, -0.2) is 0 Å². The standard InChI is InChI=1S/C20H21N3O2/c1-12-17-6-4-13(10-18(17)22-21-12)14-8-15-9-16(25-3)5-7-19(15)23(2)20(24)11-14/h4-7,9-10,14H,8,11H2,1-3H3,(H,21,22). The third-order valence-electron chi connectivity index (χ3n) is 5.15. The van der Waals surface area contributed by atoms with E-state index in [4.69, 9.17) is 4.74 Å². The molecule has 0 aliphatic carbocycles. The summed E-state index contributed by atoms with van der Waals surface area (Å²) >= 11 is 0. The number of aromatic nitrogens is 2. The first-order valence-electron chi connectivity index (χ1n) is 8.45. The number of fused-ring (bicyclic) bond motifs is 2. The summed E-state index contributed by atoms with van der Waals surface area (Å²) in [5.41, 5.74) is 5.26. The van der Waals surface area contributed by atoms with Crippen molar-refractivity contribution in [3.63, 3.8) is 0 Å². The van der Waals surface area contributed by atoms with Crippen LogP contribution < -0.4 is 9.64 Å². The summed E-state index contributed by atoms with van der Waals surface area (Å²) in [7, 11) is 3.51. The van der Waals surface area contributed by atoms with Crippen LogP contribution in [0.5, 0.6) is 5.75 Å². The molecule has 0 radical (unpaired) electrons. The van der Waals surface area contributed by atoms with Gasteiger partial charge in [0.2, 0.25) is 5.91 Å². The van der Waals surface area contributed by atoms with E-state index in [0.29, 0.717) is 6.42 Å². The van der Waals surface area contributed by atoms with Crippen LogP contribution in [0, 0.1) is 6.92 Å². The van der Waals surface area contributed by atoms with Crippen molar-refractivity contribution < 1.29 is 9.53 Å². The Labute approximate surface area is 146 Å². The number of carbonyl (C=O) groups is 1. The Morgan fingerprint density at radius 1 is 1.20 bits per heavy atom. The van der Waals surface area contributed by atoms with Crippen molar-refractivity contribution in [2.24, 2.45) is 0 Å². The highest BCUT2D eigenvalue weighted by atomic mass is 16.5. The first-order chi connectivity index (χ1) is 12.1. The lowest BCUT2D eigenvalue weighted by Crippen LogP contribution is -2.26. The second-order valence-electron chi connectivity index (χ2n) is 6.68. The predicted octanol–water partition coefficient (Wildman–Crippen LogP) is 3.57. The summed E-state index contributed by atoms with van der Waals surface area (Å²) in [6.45, 7) is 2.02. The number of nitrogens with zero attached hydrogens (tertiary/aromatic N) is 2. The molecule has 1 amide bonds. The Morgan fingerprint density at radius 2 is 2.04 bits per heavy atom. The molecule has 2 heterocycles. The molecule has 0 saturated carbocycles. The van der Waals surface area contributed by atoms with Gasteiger partial charge in [0.05, 0.1) is 12.6 Å². The number of carbonyl (C=O) groups excluding carboxylic acids is 1. The molecule has 1 atom stereocenters. The van der Waals surface area contributed by atoms with Crippen molar-refractivity contribution in [3.05, 3.63) is 53.2 Å². The van der Waals surface area contributed by atoms with Gasteiger partial charge in [-0.15, -0.1) is 0 Å². The minimum absolute atomic E-state index is 0.129. The number of methoxy groups -OCH3 is 1. The first-order valence-corrected chi connectivity index (χ1v) is 8.45. The van der Waals surface area contributed by atoms with Gasteiger partial charge in [-0.2, -0.15) is 5.10 Å². The summed E-state index contributed by atoms with van der Waals surface area (Å²) in [5.74, 6) is 1.08. The van der Waals surface area contributed by atoms with Gasteiger partial charge in [-0.3, -0.25) is 9.89 Å². The van der Waals surface area contributed by atoms with Gasteiger partial charge in [-0.05, 0) is 54.7 Å². The van der Waals surface area contributed by atoms with E-state index in [1.54, 1.807) is 12.0 Å². The lowest BCUT2D eigenvalue weighted by atomic mass is 9.89. The summed E-state index contributed by atoms with van der Waals surface area (Å²) in [6.07, 6.45) is 1.29. The molecule has 0 saturated heterocycles. The highest BCUT2D eigenvalue weighted by molar-refractivity contribution is 5.95. The molecule has 2 aromatic carbocycles. The van der Waals surface area contributed by atoms with E-state index < -0.39 is 0 Å². The number of hydrogen-bond acceptors (Lipinski definition) is 3. The number of hydrogen-bond donors (Lipinski definition) is 1. The van der Waals surface area contributed by atoms with Crippen molar-refractivity contribution >= 4 is 22.5 Å². The normalized spacial score (nSPS) is 17.5. The Bertz CT molecular complexity index is 961. The Balaban J connectivity index is 1.77. The highest BCUT2D eigenvalue weighted by Crippen LogP contribution is 2.36. The topological polar surface area (TPSA) is 58.2 Å². The van der Waals surface area contributed by atoms with E-state index >= 15 is 0 Å². The number of aromatic amines is 1. The van der Waals surface area contributed by atoms with Crippen LogP contribution in [0.2, 0.25) is 0 Å². The molecule has 1 aliphatic rings. The number of anilines is 1. The lowest BCUT2D eigenvalue weighted by molar-refractivity contribution is -0.118. The van der Waals surface area contributed by atoms with Crippen LogP contribution in [0.4, 0.5) is 5.69 Å². The van der Waals surface area contributed by atoms with E-state index in [9.17, 15) is 4.79 Å². The average Bonchev–Trinajstić information content (AvgIpc) is 2.94. The molecule has 128 valence electrons. The minimum Gasteiger partial charge on any atom is -0.497 e. The molecular formula is C20H21N3O2. The van der Waals surface area contributed by atoms with Crippen molar-refractivity contribution in [1.82, 2.24) is 10.2 Å². The third kappa shape index (κ3) is 2.65. The van der Waals surface area contributed by atoms with Crippen molar-refractivity contribution in [1.29, 1.82) is 0 Å². The summed E-state index contributed by atoms with van der Waals surface area (Å²) in [6, 6.07) is 12.2. The van der Waals surface area contributed by atoms with Crippen LogP contribution in [-0.4, -0.2) is 30.3 Å². The maximum Gasteiger partial charge on any atom is 0.227 e. The number of H-pyrrole nitrogens is 1. The molecule has 1 aliphatic heterocycles. The third-order valence-corrected chi connectivity index (χ3v) is 5.15. The number of aryl methyl sites for hydroxylation is 1. The molecule has 25 heavy (non-hydrogen) atoms. The van der Waals surface area contributed by atoms with E-state index in [0.717, 1.165) is 45.6 Å². The second kappa shape index (κ2) is 5.92. The molecule has 1 aromatic heterocycles. The van der Waals surface area contributed by atoms with Gasteiger partial charge in [-0.1, -0.05) is 12.1 Å². The molecule has 5 heteroatoms. The fourth-order valence-corrected chi connectivity index (χ4v) is 3.65. The monoisotopic (exact) mass is 335 g/mol. The summed E-state index contributed by atoms with van der Waals surface area (Å²) < 4.78 is 5.37. The van der Waals surface area contributed by atoms with Crippen molar-refractivity contribution in [3.8, 4) is 5.75 Å². The average molecular weight is 335 g/mol. The van der Waals surface area contributed by atoms with Crippen molar-refractivity contribution in [2.45, 2.75) is 25.7 Å². The van der Waals surface area contributed by atoms with E-state index in [1.165, 1.54) is 0 Å². The first kappa shape index (κ1) is 15.7. The van der Waals surface area contributed by atoms with E-state index in [2.05, 4.69) is 28.4 Å². The van der Waals surface area contributed by atoms with E-state index in [1.807, 2.05) is 32.2 Å². The minimum atomic E-state index is 0.129. The van der Waals surface area contributed by atoms with Gasteiger partial charge in [0.1, 0.15) is 5.75 Å². The number of ether oxygens (including phenoxy) is 1. The maximum absolute atomic E-state index is 12.7. The van der Waals surface area contributed by atoms with Crippen LogP contribution in [0.15, 0.2) is 36.4 Å². The zero-order valence-corrected chi connectivity index (χ0v) is 14.7. The van der Waals surface area contributed by atoms with Crippen LogP contribution in [-0.2, 0) is 11.2 Å². The zero-order valence-electron chi connectivity index (χ0n) is 14.7. The van der Waals surface area contributed by atoms with Gasteiger partial charge in [0, 0.05) is 30.2 Å². The fourth-order valence-electron chi connectivity index (χ4n) is 3.65. The lowest BCUT2D eigenvalue weighted by Gasteiger charge is -2.17. The molecule has 1 N–H and O–H groups in total. The molecule has 0 bridgehead atoms. The zero-order chi connectivity index (χ0) is 17.6. The predicted molar refractivity (Wildman–Crippen MR) is 98.3 cm³/mol. The summed E-state index contributed by atoms with van der Waals surface area (Å²) in [4.78, 5) is 14.4. The molecule has 4 rings (SSSR count). The smallest absolute Gasteiger partial charge is 0.227 e. The molecule has 3 aromatic rings. The Hall–Kier alpha value is -2.82. The number of nitrogens with one attached hydrogen (secondary N) is 1. The largest absolute Gasteiger partial charge is 0.497 e. The molecule has 5 nitrogen and oxygen atoms in total. The molecule has 1 unspecified atom stereocenters. The number of benzene rings is 2. The molecule has 0 spiro atoms. The summed E-state index contributed by atoms with van der Waals surface area (Å²) in [5, 5.41) is 8.51. The van der Waals surface area contributed by atoms with Crippen LogP contribution >= 0.6 is 0 Å². The second-order valence-corrected chi connectivity index (χ2v) is 6.68. The SMILES string of the molecule is COc1ccc2c(c1)CC(c1ccc3c(C)[nH]nc3c1)CC(=O)N2C. The van der Waals surface area contributed by atoms with Gasteiger partial charge >= 0.3 is 0 Å². The Kier molecular flexibility index (Phi) is 3.71. The number of amides is 1. The van der Waals surface area contributed by atoms with Gasteiger partial charge < -0.3 is 9.64 Å². The fraction of sp³-hybridized carbons (Fsp3) is 0.300.